The van der Waals surface area contributed by atoms with E-state index in [1.165, 1.54) is 70.6 Å². The van der Waals surface area contributed by atoms with Crippen LogP contribution >= 0.6 is 0 Å². The summed E-state index contributed by atoms with van der Waals surface area (Å²) in [6, 6.07) is 0. The zero-order valence-corrected chi connectivity index (χ0v) is 15.3. The van der Waals surface area contributed by atoms with Gasteiger partial charge in [0.25, 0.3) is 0 Å². The van der Waals surface area contributed by atoms with Crippen LogP contribution in [0.4, 0.5) is 0 Å². The number of hydrogen-bond donors (Lipinski definition) is 0. The molecule has 0 spiro atoms. The molecule has 0 aromatic carbocycles. The number of allylic oxidation sites excluding steroid dienone is 2. The highest BCUT2D eigenvalue weighted by atomic mass is 16.5. The third-order valence-corrected chi connectivity index (χ3v) is 6.07. The molecular formula is C22H38O. The molecular weight excluding hydrogens is 280 g/mol. The minimum atomic E-state index is 0.718. The lowest BCUT2D eigenvalue weighted by Gasteiger charge is -2.31. The number of hydrogen-bond acceptors (Lipinski definition) is 1. The minimum Gasteiger partial charge on any atom is -0.377 e. The van der Waals surface area contributed by atoms with Gasteiger partial charge in [-0.05, 0) is 68.6 Å². The summed E-state index contributed by atoms with van der Waals surface area (Å²) in [5.74, 6) is 3.72. The van der Waals surface area contributed by atoms with E-state index in [9.17, 15) is 0 Å². The van der Waals surface area contributed by atoms with Gasteiger partial charge in [0.1, 0.15) is 0 Å². The lowest BCUT2D eigenvalue weighted by molar-refractivity contribution is 0.0937. The molecule has 0 bridgehead atoms. The highest BCUT2D eigenvalue weighted by molar-refractivity contribution is 4.90. The molecule has 2 rings (SSSR count). The van der Waals surface area contributed by atoms with Crippen LogP contribution in [0, 0.1) is 23.7 Å². The highest BCUT2D eigenvalue weighted by Crippen LogP contribution is 2.36. The van der Waals surface area contributed by atoms with E-state index in [0.29, 0.717) is 0 Å². The number of ether oxygens (including phenoxy) is 1. The van der Waals surface area contributed by atoms with E-state index in [2.05, 4.69) is 25.7 Å². The van der Waals surface area contributed by atoms with Gasteiger partial charge in [-0.2, -0.15) is 0 Å². The van der Waals surface area contributed by atoms with Crippen molar-refractivity contribution in [2.75, 3.05) is 13.2 Å². The molecule has 2 aliphatic carbocycles. The second-order valence-electron chi connectivity index (χ2n) is 7.91. The maximum Gasteiger partial charge on any atom is 0.0644 e. The van der Waals surface area contributed by atoms with E-state index < -0.39 is 0 Å². The lowest BCUT2D eigenvalue weighted by Crippen LogP contribution is -2.20. The Kier molecular flexibility index (Phi) is 9.04. The van der Waals surface area contributed by atoms with Gasteiger partial charge in [0.15, 0.2) is 0 Å². The summed E-state index contributed by atoms with van der Waals surface area (Å²) in [4.78, 5) is 0. The van der Waals surface area contributed by atoms with E-state index in [-0.39, 0.29) is 0 Å². The van der Waals surface area contributed by atoms with Crippen LogP contribution in [0.15, 0.2) is 24.8 Å². The molecule has 0 atom stereocenters. The third kappa shape index (κ3) is 7.25. The predicted molar refractivity (Wildman–Crippen MR) is 101 cm³/mol. The Balaban J connectivity index is 1.54. The first kappa shape index (κ1) is 18.8. The fourth-order valence-corrected chi connectivity index (χ4v) is 4.47. The summed E-state index contributed by atoms with van der Waals surface area (Å²) in [6.45, 7) is 7.62. The molecule has 2 saturated carbocycles. The Bertz CT molecular complexity index is 330. The molecule has 0 aliphatic heterocycles. The van der Waals surface area contributed by atoms with Crippen LogP contribution in [-0.4, -0.2) is 13.2 Å². The van der Waals surface area contributed by atoms with Crippen LogP contribution in [0.3, 0.4) is 0 Å². The van der Waals surface area contributed by atoms with Crippen molar-refractivity contribution in [3.05, 3.63) is 24.8 Å². The van der Waals surface area contributed by atoms with Gasteiger partial charge < -0.3 is 4.74 Å². The van der Waals surface area contributed by atoms with E-state index >= 15 is 0 Å². The van der Waals surface area contributed by atoms with Gasteiger partial charge in [-0.3, -0.25) is 0 Å². The summed E-state index contributed by atoms with van der Waals surface area (Å²) in [5.41, 5.74) is 0. The van der Waals surface area contributed by atoms with Gasteiger partial charge >= 0.3 is 0 Å². The molecule has 0 amide bonds. The predicted octanol–water partition coefficient (Wildman–Crippen LogP) is 6.55. The standard InChI is InChI=1S/C22H38O/c1-3-5-6-19-7-9-20(10-8-19)11-12-21-13-15-22(16-14-21)18-23-17-4-2/h4-6,19-22H,2-3,7-18H2,1H3/b6-5+/t19-,20-,21-,22-. The van der Waals surface area contributed by atoms with Crippen molar-refractivity contribution in [2.24, 2.45) is 23.7 Å². The second-order valence-corrected chi connectivity index (χ2v) is 7.91. The summed E-state index contributed by atoms with van der Waals surface area (Å²) < 4.78 is 5.63. The van der Waals surface area contributed by atoms with Crippen molar-refractivity contribution in [1.29, 1.82) is 0 Å². The van der Waals surface area contributed by atoms with Gasteiger partial charge in [0, 0.05) is 6.61 Å². The van der Waals surface area contributed by atoms with Crippen molar-refractivity contribution in [3.63, 3.8) is 0 Å². The molecule has 0 aromatic heterocycles. The first-order valence-corrected chi connectivity index (χ1v) is 10.2. The van der Waals surface area contributed by atoms with Crippen molar-refractivity contribution in [1.82, 2.24) is 0 Å². The smallest absolute Gasteiger partial charge is 0.0644 e. The zero-order chi connectivity index (χ0) is 16.3. The summed E-state index contributed by atoms with van der Waals surface area (Å²) in [6.07, 6.45) is 22.4. The molecule has 0 saturated heterocycles. The van der Waals surface area contributed by atoms with E-state index in [4.69, 9.17) is 4.74 Å². The second kappa shape index (κ2) is 11.1. The Hall–Kier alpha value is -0.560. The maximum atomic E-state index is 5.63. The van der Waals surface area contributed by atoms with Crippen LogP contribution in [0.2, 0.25) is 0 Å². The van der Waals surface area contributed by atoms with Gasteiger partial charge in [0.05, 0.1) is 6.61 Å². The topological polar surface area (TPSA) is 9.23 Å². The maximum absolute atomic E-state index is 5.63. The normalized spacial score (nSPS) is 32.2. The Morgan fingerprint density at radius 1 is 0.870 bits per heavy atom. The van der Waals surface area contributed by atoms with Crippen molar-refractivity contribution in [3.8, 4) is 0 Å². The Morgan fingerprint density at radius 3 is 2.00 bits per heavy atom. The largest absolute Gasteiger partial charge is 0.377 e. The molecule has 0 radical (unpaired) electrons. The Labute approximate surface area is 144 Å². The average Bonchev–Trinajstić information content (AvgIpc) is 2.60. The van der Waals surface area contributed by atoms with Crippen LogP contribution in [-0.2, 0) is 4.74 Å². The fraction of sp³-hybridized carbons (Fsp3) is 0.818. The third-order valence-electron chi connectivity index (χ3n) is 6.07. The molecule has 0 aromatic rings. The van der Waals surface area contributed by atoms with Crippen LogP contribution < -0.4 is 0 Å². The van der Waals surface area contributed by atoms with Crippen molar-refractivity contribution >= 4 is 0 Å². The van der Waals surface area contributed by atoms with Crippen molar-refractivity contribution in [2.45, 2.75) is 77.6 Å². The zero-order valence-electron chi connectivity index (χ0n) is 15.3. The van der Waals surface area contributed by atoms with Crippen LogP contribution in [0.25, 0.3) is 0 Å². The summed E-state index contributed by atoms with van der Waals surface area (Å²) in [7, 11) is 0. The monoisotopic (exact) mass is 318 g/mol. The quantitative estimate of drug-likeness (QED) is 0.346. The first-order chi connectivity index (χ1) is 11.3. The summed E-state index contributed by atoms with van der Waals surface area (Å²) in [5, 5.41) is 0. The highest BCUT2D eigenvalue weighted by Gasteiger charge is 2.24. The van der Waals surface area contributed by atoms with Crippen LogP contribution in [0.1, 0.15) is 77.6 Å². The molecule has 23 heavy (non-hydrogen) atoms. The van der Waals surface area contributed by atoms with Gasteiger partial charge in [-0.1, -0.05) is 50.8 Å². The van der Waals surface area contributed by atoms with E-state index in [1.54, 1.807) is 0 Å². The SMILES string of the molecule is C=CCOC[C@H]1CC[C@H](CC[C@H]2CC[C@H](/C=C/CC)CC2)CC1. The van der Waals surface area contributed by atoms with Gasteiger partial charge in [-0.15, -0.1) is 6.58 Å². The Morgan fingerprint density at radius 2 is 1.43 bits per heavy atom. The van der Waals surface area contributed by atoms with Gasteiger partial charge in [0.2, 0.25) is 0 Å². The molecule has 1 nitrogen and oxygen atoms in total. The number of rotatable bonds is 9. The average molecular weight is 319 g/mol. The van der Waals surface area contributed by atoms with Crippen molar-refractivity contribution < 1.29 is 4.74 Å². The fourth-order valence-electron chi connectivity index (χ4n) is 4.47. The first-order valence-electron chi connectivity index (χ1n) is 10.2. The molecule has 1 heteroatoms. The molecule has 0 heterocycles. The molecule has 132 valence electrons. The summed E-state index contributed by atoms with van der Waals surface area (Å²) >= 11 is 0. The molecule has 0 N–H and O–H groups in total. The van der Waals surface area contributed by atoms with E-state index in [1.807, 2.05) is 6.08 Å². The minimum absolute atomic E-state index is 0.718. The molecule has 0 unspecified atom stereocenters. The van der Waals surface area contributed by atoms with Gasteiger partial charge in [-0.25, -0.2) is 0 Å². The molecule has 2 fully saturated rings. The van der Waals surface area contributed by atoms with E-state index in [0.717, 1.165) is 36.9 Å². The lowest BCUT2D eigenvalue weighted by atomic mass is 9.75. The molecule has 2 aliphatic rings. The van der Waals surface area contributed by atoms with Crippen LogP contribution in [0.5, 0.6) is 0 Å².